The van der Waals surface area contributed by atoms with Crippen molar-refractivity contribution < 1.29 is 0 Å². The summed E-state index contributed by atoms with van der Waals surface area (Å²) in [6.45, 7) is 2.30. The minimum atomic E-state index is 1.25. The van der Waals surface area contributed by atoms with Crippen molar-refractivity contribution in [3.05, 3.63) is 58.8 Å². The van der Waals surface area contributed by atoms with Crippen molar-refractivity contribution in [3.8, 4) is 29.3 Å². The van der Waals surface area contributed by atoms with Crippen LogP contribution < -0.4 is 0 Å². The van der Waals surface area contributed by atoms with E-state index < -0.39 is 0 Å². The number of rotatable bonds is 22. The molecule has 0 fully saturated rings. The summed E-state index contributed by atoms with van der Waals surface area (Å²) in [5, 5.41) is 2.16. The Morgan fingerprint density at radius 2 is 0.800 bits per heavy atom. The van der Waals surface area contributed by atoms with Crippen molar-refractivity contribution in [3.63, 3.8) is 0 Å². The van der Waals surface area contributed by atoms with Gasteiger partial charge < -0.3 is 0 Å². The minimum Gasteiger partial charge on any atom is -0.143 e. The van der Waals surface area contributed by atoms with Gasteiger partial charge in [0.05, 0.1) is 0 Å². The largest absolute Gasteiger partial charge is 0.143 e. The minimum absolute atomic E-state index is 1.25. The SMILES string of the molecule is CCCCCCCCCCCCCCCCCCCCc1ccc(-c2ccc(-c3ccc(-c4cccs4)s3)s2)s1. The first kappa shape index (κ1) is 31.7. The average Bonchev–Trinajstić information content (AvgIpc) is 3.79. The van der Waals surface area contributed by atoms with Crippen LogP contribution in [0, 0.1) is 0 Å². The van der Waals surface area contributed by atoms with Crippen molar-refractivity contribution in [1.29, 1.82) is 0 Å². The first-order valence-corrected chi connectivity index (χ1v) is 19.5. The fourth-order valence-corrected chi connectivity index (χ4v) is 9.55. The Labute approximate surface area is 260 Å². The molecule has 4 rings (SSSR count). The maximum Gasteiger partial charge on any atom is 0.0449 e. The van der Waals surface area contributed by atoms with Crippen LogP contribution in [0.3, 0.4) is 0 Å². The van der Waals surface area contributed by atoms with Gasteiger partial charge in [-0.1, -0.05) is 122 Å². The van der Waals surface area contributed by atoms with E-state index in [1.54, 1.807) is 4.88 Å². The molecule has 0 amide bonds. The molecule has 4 aromatic rings. The molecule has 0 N–H and O–H groups in total. The molecule has 0 atom stereocenters. The molecule has 0 aromatic carbocycles. The molecule has 4 heteroatoms. The van der Waals surface area contributed by atoms with Crippen LogP contribution in [0.5, 0.6) is 0 Å². The highest BCUT2D eigenvalue weighted by Gasteiger charge is 2.11. The van der Waals surface area contributed by atoms with Gasteiger partial charge in [0.15, 0.2) is 0 Å². The Bertz CT molecular complexity index is 1160. The highest BCUT2D eigenvalue weighted by molar-refractivity contribution is 7.28. The number of hydrogen-bond acceptors (Lipinski definition) is 4. The van der Waals surface area contributed by atoms with Crippen LogP contribution in [0.25, 0.3) is 29.3 Å². The molecular formula is C36H50S4. The summed E-state index contributed by atoms with van der Waals surface area (Å²) in [5.41, 5.74) is 0. The van der Waals surface area contributed by atoms with Crippen LogP contribution in [-0.2, 0) is 6.42 Å². The van der Waals surface area contributed by atoms with Gasteiger partial charge in [0.2, 0.25) is 0 Å². The van der Waals surface area contributed by atoms with Crippen molar-refractivity contribution >= 4 is 45.3 Å². The first-order valence-electron chi connectivity index (χ1n) is 16.2. The molecule has 4 heterocycles. The quantitative estimate of drug-likeness (QED) is 0.0776. The van der Waals surface area contributed by atoms with E-state index in [0.717, 1.165) is 0 Å². The fraction of sp³-hybridized carbons (Fsp3) is 0.556. The van der Waals surface area contributed by atoms with Crippen LogP contribution in [-0.4, -0.2) is 0 Å². The lowest BCUT2D eigenvalue weighted by Gasteiger charge is -2.04. The summed E-state index contributed by atoms with van der Waals surface area (Å²) in [4.78, 5) is 9.92. The molecule has 0 spiro atoms. The Balaban J connectivity index is 0.998. The maximum atomic E-state index is 2.37. The standard InChI is InChI=1S/C36H50S4/c1-2-3-4-5-6-7-8-9-10-11-12-13-14-15-16-17-18-19-21-30-23-24-33(38-30)34-27-28-36(40-34)35-26-25-32(39-35)31-22-20-29-37-31/h20,22-29H,2-19,21H2,1H3. The van der Waals surface area contributed by atoms with Crippen LogP contribution in [0.4, 0.5) is 0 Å². The lowest BCUT2D eigenvalue weighted by molar-refractivity contribution is 0.525. The molecule has 0 saturated heterocycles. The summed E-state index contributed by atoms with van der Waals surface area (Å²) in [6, 6.07) is 18.2. The van der Waals surface area contributed by atoms with Gasteiger partial charge in [0.25, 0.3) is 0 Å². The molecule has 0 aliphatic carbocycles. The highest BCUT2D eigenvalue weighted by atomic mass is 32.1. The summed E-state index contributed by atoms with van der Waals surface area (Å²) in [6.07, 6.45) is 27.2. The topological polar surface area (TPSA) is 0 Å². The van der Waals surface area contributed by atoms with Gasteiger partial charge in [-0.2, -0.15) is 0 Å². The number of thiophene rings is 4. The second-order valence-corrected chi connectivity index (χ2v) is 15.6. The van der Waals surface area contributed by atoms with Gasteiger partial charge in [-0.3, -0.25) is 0 Å². The smallest absolute Gasteiger partial charge is 0.0449 e. The zero-order chi connectivity index (χ0) is 27.7. The maximum absolute atomic E-state index is 2.37. The normalized spacial score (nSPS) is 11.5. The number of unbranched alkanes of at least 4 members (excludes halogenated alkanes) is 17. The molecule has 0 nitrogen and oxygen atoms in total. The molecule has 0 saturated carbocycles. The first-order chi connectivity index (χ1) is 19.8. The molecule has 0 radical (unpaired) electrons. The molecule has 4 aromatic heterocycles. The van der Waals surface area contributed by atoms with E-state index in [1.165, 1.54) is 151 Å². The molecule has 0 bridgehead atoms. The molecule has 0 aliphatic rings. The van der Waals surface area contributed by atoms with E-state index in [-0.39, 0.29) is 0 Å². The van der Waals surface area contributed by atoms with Gasteiger partial charge in [0, 0.05) is 34.1 Å². The van der Waals surface area contributed by atoms with Gasteiger partial charge in [-0.05, 0) is 60.7 Å². The number of aryl methyl sites for hydroxylation is 1. The summed E-state index contributed by atoms with van der Waals surface area (Å²) in [5.74, 6) is 0. The predicted molar refractivity (Wildman–Crippen MR) is 187 cm³/mol. The summed E-state index contributed by atoms with van der Waals surface area (Å²) < 4.78 is 0. The molecular weight excluding hydrogens is 561 g/mol. The number of hydrogen-bond donors (Lipinski definition) is 0. The van der Waals surface area contributed by atoms with Crippen molar-refractivity contribution in [2.45, 2.75) is 129 Å². The van der Waals surface area contributed by atoms with E-state index in [1.807, 2.05) is 45.3 Å². The lowest BCUT2D eigenvalue weighted by atomic mass is 10.0. The van der Waals surface area contributed by atoms with Gasteiger partial charge in [0.1, 0.15) is 0 Å². The van der Waals surface area contributed by atoms with Crippen LogP contribution in [0.2, 0.25) is 0 Å². The van der Waals surface area contributed by atoms with E-state index in [0.29, 0.717) is 0 Å². The third-order valence-corrected chi connectivity index (χ3v) is 12.7. The Kier molecular flexibility index (Phi) is 15.1. The second kappa shape index (κ2) is 19.1. The molecule has 0 aliphatic heterocycles. The van der Waals surface area contributed by atoms with E-state index in [2.05, 4.69) is 60.8 Å². The highest BCUT2D eigenvalue weighted by Crippen LogP contribution is 2.42. The lowest BCUT2D eigenvalue weighted by Crippen LogP contribution is -1.85. The van der Waals surface area contributed by atoms with Crippen molar-refractivity contribution in [2.75, 3.05) is 0 Å². The third kappa shape index (κ3) is 11.2. The average molecular weight is 611 g/mol. The second-order valence-electron chi connectivity index (χ2n) is 11.3. The molecule has 40 heavy (non-hydrogen) atoms. The van der Waals surface area contributed by atoms with Crippen molar-refractivity contribution in [1.82, 2.24) is 0 Å². The van der Waals surface area contributed by atoms with Gasteiger partial charge >= 0.3 is 0 Å². The van der Waals surface area contributed by atoms with Gasteiger partial charge in [-0.15, -0.1) is 45.3 Å². The van der Waals surface area contributed by atoms with E-state index >= 15 is 0 Å². The Morgan fingerprint density at radius 3 is 1.25 bits per heavy atom. The van der Waals surface area contributed by atoms with Crippen LogP contribution >= 0.6 is 45.3 Å². The van der Waals surface area contributed by atoms with Crippen LogP contribution in [0.15, 0.2) is 53.9 Å². The third-order valence-electron chi connectivity index (χ3n) is 7.90. The van der Waals surface area contributed by atoms with Crippen LogP contribution in [0.1, 0.15) is 127 Å². The van der Waals surface area contributed by atoms with E-state index in [4.69, 9.17) is 0 Å². The molecule has 218 valence electrons. The van der Waals surface area contributed by atoms with Gasteiger partial charge in [-0.25, -0.2) is 0 Å². The summed E-state index contributed by atoms with van der Waals surface area (Å²) in [7, 11) is 0. The zero-order valence-electron chi connectivity index (χ0n) is 24.8. The van der Waals surface area contributed by atoms with Crippen molar-refractivity contribution in [2.24, 2.45) is 0 Å². The monoisotopic (exact) mass is 610 g/mol. The predicted octanol–water partition coefficient (Wildman–Crippen LogP) is 14.5. The fourth-order valence-electron chi connectivity index (χ4n) is 5.47. The summed E-state index contributed by atoms with van der Waals surface area (Å²) >= 11 is 7.68. The zero-order valence-corrected chi connectivity index (χ0v) is 28.0. The molecule has 0 unspecified atom stereocenters. The Morgan fingerprint density at radius 1 is 0.400 bits per heavy atom. The van der Waals surface area contributed by atoms with E-state index in [9.17, 15) is 0 Å². The Hall–Kier alpha value is -1.20.